The first kappa shape index (κ1) is 38.6. The van der Waals surface area contributed by atoms with Gasteiger partial charge in [-0.3, -0.25) is 9.69 Å². The van der Waals surface area contributed by atoms with Crippen LogP contribution in [0.2, 0.25) is 0 Å². The molecule has 1 aliphatic heterocycles. The van der Waals surface area contributed by atoms with Gasteiger partial charge >= 0.3 is 19.5 Å². The number of benzene rings is 1. The van der Waals surface area contributed by atoms with Gasteiger partial charge < -0.3 is 21.4 Å². The number of nitrogens with zero attached hydrogens (tertiary/aromatic N) is 1. The van der Waals surface area contributed by atoms with Crippen LogP contribution < -0.4 is 53.2 Å². The van der Waals surface area contributed by atoms with E-state index >= 15 is 0 Å². The third kappa shape index (κ3) is 30.1. The van der Waals surface area contributed by atoms with E-state index in [0.29, 0.717) is 6.54 Å². The molecule has 0 bridgehead atoms. The fourth-order valence-electron chi connectivity index (χ4n) is 2.40. The second-order valence-electron chi connectivity index (χ2n) is 6.21. The summed E-state index contributed by atoms with van der Waals surface area (Å²) < 4.78 is 68.9. The Morgan fingerprint density at radius 2 is 1.09 bits per heavy atom. The Labute approximate surface area is 222 Å². The molecule has 1 fully saturated rings. The summed E-state index contributed by atoms with van der Waals surface area (Å²) >= 11 is 3.40. The van der Waals surface area contributed by atoms with E-state index in [9.17, 15) is 4.79 Å². The molecule has 6 N–H and O–H groups in total. The predicted molar refractivity (Wildman–Crippen MR) is 98.4 cm³/mol. The fourth-order valence-corrected chi connectivity index (χ4v) is 2.67. The van der Waals surface area contributed by atoms with E-state index in [4.69, 9.17) is 37.3 Å². The molecule has 18 heteroatoms. The second-order valence-corrected chi connectivity index (χ2v) is 8.64. The molecule has 0 spiro atoms. The number of rotatable bonds is 3. The van der Waals surface area contributed by atoms with Crippen molar-refractivity contribution >= 4 is 21.7 Å². The summed E-state index contributed by atoms with van der Waals surface area (Å²) in [5, 5.41) is 10.2. The maximum absolute atomic E-state index is 12.4. The maximum Gasteiger partial charge on any atom is 2.00 e. The molecule has 0 aromatic heterocycles. The topological polar surface area (TPSA) is 274 Å². The minimum Gasteiger partial charge on any atom is -0.457 e. The summed E-state index contributed by atoms with van der Waals surface area (Å²) in [5.74, 6) is 0.182. The standard InChI is InChI=1S/C16H25BrN4O.2ClHO4.H2O.Zn/c17-15-3-1-14(2-4-15)16(22)13-21-11-9-19-7-5-18-6-8-20-10-12-21;2*2-1(3,4)5;;/h1-4,18-20H,5-13H2;2*(H,2,3,4,5);1H2;/q;;;;+2/p-1. The first-order chi connectivity index (χ1) is 14.8. The van der Waals surface area contributed by atoms with Gasteiger partial charge in [0.15, 0.2) is 5.78 Å². The van der Waals surface area contributed by atoms with Gasteiger partial charge in [0.25, 0.3) is 0 Å². The van der Waals surface area contributed by atoms with Crippen molar-refractivity contribution in [3.63, 3.8) is 0 Å². The predicted octanol–water partition coefficient (Wildman–Crippen LogP) is -9.72. The molecule has 194 valence electrons. The van der Waals surface area contributed by atoms with Gasteiger partial charge in [0, 0.05) is 62.4 Å². The number of nitrogens with one attached hydrogen (secondary N) is 3. The van der Waals surface area contributed by atoms with Crippen LogP contribution in [0.1, 0.15) is 10.4 Å². The number of Topliss-reactive ketones (excluding diaryl/α,β-unsaturated/α-hetero) is 1. The number of hydrogen-bond acceptors (Lipinski definition) is 13. The molecule has 34 heavy (non-hydrogen) atoms. The summed E-state index contributed by atoms with van der Waals surface area (Å²) in [7, 11) is -9.89. The fraction of sp³-hybridized carbons (Fsp3) is 0.562. The van der Waals surface area contributed by atoms with Crippen LogP contribution in [0, 0.1) is 20.5 Å². The molecule has 1 saturated heterocycles. The van der Waals surface area contributed by atoms with Gasteiger partial charge in [-0.2, -0.15) is 0 Å². The summed E-state index contributed by atoms with van der Waals surface area (Å²) in [6.07, 6.45) is 0. The van der Waals surface area contributed by atoms with Crippen LogP contribution in [0.25, 0.3) is 0 Å². The Bertz CT molecular complexity index is 606. The number of halogens is 3. The Balaban J connectivity index is -0.000000680. The first-order valence-electron chi connectivity index (χ1n) is 9.12. The number of carbonyl (C=O) groups is 1. The number of carbonyl (C=O) groups excluding carboxylic acids is 1. The van der Waals surface area contributed by atoms with Crippen LogP contribution in [0.5, 0.6) is 0 Å². The van der Waals surface area contributed by atoms with Crippen LogP contribution in [-0.4, -0.2) is 69.6 Å². The van der Waals surface area contributed by atoms with Gasteiger partial charge in [-0.25, -0.2) is 37.3 Å². The zero-order valence-corrected chi connectivity index (χ0v) is 24.3. The zero-order valence-electron chi connectivity index (χ0n) is 18.2. The third-order valence-electron chi connectivity index (χ3n) is 3.70. The maximum atomic E-state index is 12.4. The molecule has 0 atom stereocenters. The van der Waals surface area contributed by atoms with E-state index in [2.05, 4.69) is 36.8 Å². The van der Waals surface area contributed by atoms with Crippen molar-refractivity contribution in [2.45, 2.75) is 0 Å². The number of hydrogen-bond donors (Lipinski definition) is 3. The van der Waals surface area contributed by atoms with Crippen molar-refractivity contribution in [3.05, 3.63) is 34.3 Å². The summed E-state index contributed by atoms with van der Waals surface area (Å²) in [6.45, 7) is 7.99. The number of ketones is 1. The van der Waals surface area contributed by atoms with Crippen LogP contribution in [0.3, 0.4) is 0 Å². The SMILES string of the molecule is O=C(CN1CCNCCNCCNCC1)c1ccc(Br)cc1.[O-][Cl+3]([O-])([O-])[O-].[O-][Cl+3]([O-])([O-])[O-].[OH3+].[Zn+2]. The Morgan fingerprint density at radius 3 is 1.44 bits per heavy atom. The first-order valence-corrected chi connectivity index (χ1v) is 12.4. The van der Waals surface area contributed by atoms with Crippen LogP contribution in [0.15, 0.2) is 28.7 Å². The summed E-state index contributed by atoms with van der Waals surface area (Å²) in [6, 6.07) is 7.59. The van der Waals surface area contributed by atoms with Crippen molar-refractivity contribution in [3.8, 4) is 0 Å². The molecule has 1 aromatic rings. The summed E-state index contributed by atoms with van der Waals surface area (Å²) in [4.78, 5) is 14.6. The Kier molecular flexibility index (Phi) is 24.0. The molecule has 0 aliphatic carbocycles. The van der Waals surface area contributed by atoms with Crippen molar-refractivity contribution in [2.24, 2.45) is 0 Å². The third-order valence-corrected chi connectivity index (χ3v) is 4.23. The van der Waals surface area contributed by atoms with Crippen molar-refractivity contribution in [2.75, 3.05) is 58.9 Å². The van der Waals surface area contributed by atoms with Gasteiger partial charge in [-0.1, -0.05) is 28.1 Å². The average Bonchev–Trinajstić information content (AvgIpc) is 2.61. The molecule has 0 radical (unpaired) electrons. The smallest absolute Gasteiger partial charge is 0.457 e. The van der Waals surface area contributed by atoms with Gasteiger partial charge in [0.2, 0.25) is 0 Å². The monoisotopic (exact) mass is 649 g/mol. The van der Waals surface area contributed by atoms with E-state index in [-0.39, 0.29) is 30.7 Å². The van der Waals surface area contributed by atoms with Crippen molar-refractivity contribution < 1.29 is 87.5 Å². The second kappa shape index (κ2) is 21.2. The molecular formula is C16H28BrCl2N4O10Zn+. The van der Waals surface area contributed by atoms with Gasteiger partial charge in [-0.05, 0) is 12.1 Å². The van der Waals surface area contributed by atoms with Crippen LogP contribution in [-0.2, 0) is 25.0 Å². The normalized spacial score (nSPS) is 15.9. The van der Waals surface area contributed by atoms with Gasteiger partial charge in [0.05, 0.1) is 6.54 Å². The zero-order chi connectivity index (χ0) is 24.6. The quantitative estimate of drug-likeness (QED) is 0.156. The van der Waals surface area contributed by atoms with Crippen molar-refractivity contribution in [1.82, 2.24) is 20.9 Å². The molecule has 0 amide bonds. The minimum atomic E-state index is -4.94. The Hall–Kier alpha value is 0.0534. The van der Waals surface area contributed by atoms with E-state index in [0.717, 1.165) is 62.4 Å². The molecule has 2 rings (SSSR count). The van der Waals surface area contributed by atoms with Gasteiger partial charge in [0.1, 0.15) is 0 Å². The van der Waals surface area contributed by atoms with E-state index < -0.39 is 20.5 Å². The van der Waals surface area contributed by atoms with Gasteiger partial charge in [-0.15, -0.1) is 20.5 Å². The molecule has 1 aromatic carbocycles. The molecule has 0 unspecified atom stereocenters. The van der Waals surface area contributed by atoms with E-state index in [1.807, 2.05) is 24.3 Å². The van der Waals surface area contributed by atoms with Crippen LogP contribution in [0.4, 0.5) is 0 Å². The van der Waals surface area contributed by atoms with E-state index in [1.54, 1.807) is 0 Å². The minimum absolute atomic E-state index is 0. The largest absolute Gasteiger partial charge is 2.00 e. The van der Waals surface area contributed by atoms with E-state index in [1.165, 1.54) is 0 Å². The average molecular weight is 653 g/mol. The molecule has 1 aliphatic rings. The molecule has 14 nitrogen and oxygen atoms in total. The van der Waals surface area contributed by atoms with Crippen LogP contribution >= 0.6 is 15.9 Å². The summed E-state index contributed by atoms with van der Waals surface area (Å²) in [5.41, 5.74) is 0.777. The Morgan fingerprint density at radius 1 is 0.765 bits per heavy atom. The van der Waals surface area contributed by atoms with Crippen molar-refractivity contribution in [1.29, 1.82) is 0 Å². The molecular weight excluding hydrogens is 624 g/mol. The molecule has 1 heterocycles. The molecule has 0 saturated carbocycles.